The molecule has 10 heteroatoms. The fourth-order valence-corrected chi connectivity index (χ4v) is 2.17. The summed E-state index contributed by atoms with van der Waals surface area (Å²) >= 11 is 0. The maximum absolute atomic E-state index is 11.9. The van der Waals surface area contributed by atoms with Gasteiger partial charge in [0, 0.05) is 6.20 Å². The van der Waals surface area contributed by atoms with Crippen molar-refractivity contribution in [2.75, 3.05) is 5.48 Å². The molecule has 0 aliphatic carbocycles. The Morgan fingerprint density at radius 2 is 2.30 bits per heavy atom. The second-order valence-electron chi connectivity index (χ2n) is 5.60. The third-order valence-corrected chi connectivity index (χ3v) is 3.45. The Labute approximate surface area is 133 Å². The van der Waals surface area contributed by atoms with Gasteiger partial charge < -0.3 is 14.6 Å². The molecule has 2 rings (SSSR count). The lowest BCUT2D eigenvalue weighted by Crippen LogP contribution is -2.47. The molecule has 2 heterocycles. The number of carbonyl (C=O) groups excluding carboxylic acids is 1. The number of aliphatic hydroxyl groups is 1. The smallest absolute Gasteiger partial charge is 0.351 e. The Hall–Kier alpha value is -1.91. The molecule has 0 amide bonds. The van der Waals surface area contributed by atoms with Crippen LogP contribution in [0.5, 0.6) is 0 Å². The average molecular weight is 323 g/mol. The molecular formula is C13H18BN3O6. The third-order valence-electron chi connectivity index (χ3n) is 3.45. The van der Waals surface area contributed by atoms with Gasteiger partial charge in [-0.15, -0.1) is 0 Å². The van der Waals surface area contributed by atoms with Gasteiger partial charge >= 0.3 is 11.7 Å². The fraction of sp³-hybridized carbons (Fsp3) is 0.615. The molecule has 3 N–H and O–H groups in total. The average Bonchev–Trinajstić information content (AvgIpc) is 2.96. The van der Waals surface area contributed by atoms with Gasteiger partial charge in [0.1, 0.15) is 12.3 Å². The Bertz CT molecular complexity index is 632. The molecule has 1 aromatic heterocycles. The van der Waals surface area contributed by atoms with Gasteiger partial charge in [0.15, 0.2) is 19.4 Å². The van der Waals surface area contributed by atoms with Crippen LogP contribution in [0.25, 0.3) is 0 Å². The first-order valence-electron chi connectivity index (χ1n) is 7.13. The minimum Gasteiger partial charge on any atom is -0.440 e. The van der Waals surface area contributed by atoms with E-state index < -0.39 is 35.6 Å². The molecule has 0 aromatic carbocycles. The molecule has 124 valence electrons. The molecule has 1 aliphatic rings. The van der Waals surface area contributed by atoms with Gasteiger partial charge in [-0.1, -0.05) is 13.8 Å². The number of hydrogen-bond donors (Lipinski definition) is 3. The summed E-state index contributed by atoms with van der Waals surface area (Å²) in [5.41, 5.74) is -1.15. The van der Waals surface area contributed by atoms with Gasteiger partial charge in [0.2, 0.25) is 0 Å². The molecule has 3 unspecified atom stereocenters. The van der Waals surface area contributed by atoms with E-state index in [9.17, 15) is 14.7 Å². The van der Waals surface area contributed by atoms with E-state index in [-0.39, 0.29) is 12.2 Å². The maximum Gasteiger partial charge on any atom is 0.351 e. The van der Waals surface area contributed by atoms with Crippen molar-refractivity contribution in [3.63, 3.8) is 0 Å². The van der Waals surface area contributed by atoms with Crippen LogP contribution in [0, 0.1) is 5.92 Å². The zero-order chi connectivity index (χ0) is 17.2. The van der Waals surface area contributed by atoms with E-state index in [1.807, 2.05) is 0 Å². The highest BCUT2D eigenvalue weighted by Crippen LogP contribution is 2.33. The number of aromatic nitrogens is 2. The Morgan fingerprint density at radius 3 is 2.87 bits per heavy atom. The molecule has 9 nitrogen and oxygen atoms in total. The monoisotopic (exact) mass is 323 g/mol. The lowest BCUT2D eigenvalue weighted by molar-refractivity contribution is -0.218. The van der Waals surface area contributed by atoms with Gasteiger partial charge in [-0.05, 0) is 18.9 Å². The van der Waals surface area contributed by atoms with Gasteiger partial charge in [0.25, 0.3) is 0 Å². The van der Waals surface area contributed by atoms with Crippen molar-refractivity contribution in [2.24, 2.45) is 5.92 Å². The molecule has 1 saturated heterocycles. The highest BCUT2D eigenvalue weighted by molar-refractivity contribution is 6.14. The minimum absolute atomic E-state index is 0.00184. The summed E-state index contributed by atoms with van der Waals surface area (Å²) in [6.45, 7) is 3.22. The summed E-state index contributed by atoms with van der Waals surface area (Å²) in [4.78, 5) is 27.0. The van der Waals surface area contributed by atoms with Crippen LogP contribution in [0.3, 0.4) is 0 Å². The van der Waals surface area contributed by atoms with Crippen molar-refractivity contribution < 1.29 is 24.6 Å². The van der Waals surface area contributed by atoms with Crippen molar-refractivity contribution in [3.8, 4) is 0 Å². The number of carbonyl (C=O) groups is 1. The van der Waals surface area contributed by atoms with Crippen LogP contribution in [-0.2, 0) is 14.3 Å². The molecular weight excluding hydrogens is 305 g/mol. The number of hydrogen-bond acceptors (Lipinski definition) is 8. The number of esters is 1. The quantitative estimate of drug-likeness (QED) is 0.293. The Balaban J connectivity index is 2.09. The van der Waals surface area contributed by atoms with Crippen LogP contribution >= 0.6 is 0 Å². The summed E-state index contributed by atoms with van der Waals surface area (Å²) < 4.78 is 11.6. The van der Waals surface area contributed by atoms with Crippen molar-refractivity contribution in [3.05, 3.63) is 22.7 Å². The minimum atomic E-state index is -2.28. The van der Waals surface area contributed by atoms with Crippen LogP contribution < -0.4 is 11.2 Å². The van der Waals surface area contributed by atoms with E-state index in [0.717, 1.165) is 0 Å². The number of nitrogens with zero attached hydrogens (tertiary/aromatic N) is 2. The zero-order valence-electron chi connectivity index (χ0n) is 12.8. The molecule has 0 saturated carbocycles. The van der Waals surface area contributed by atoms with Crippen LogP contribution in [0.1, 0.15) is 32.9 Å². The van der Waals surface area contributed by atoms with Crippen molar-refractivity contribution in [1.82, 2.24) is 9.55 Å². The maximum atomic E-state index is 11.9. The molecule has 0 spiro atoms. The number of ether oxygens (including phenoxy) is 2. The van der Waals surface area contributed by atoms with Crippen LogP contribution in [0.15, 0.2) is 17.1 Å². The van der Waals surface area contributed by atoms with Crippen LogP contribution in [-0.4, -0.2) is 45.5 Å². The first kappa shape index (κ1) is 17.4. The van der Waals surface area contributed by atoms with Crippen molar-refractivity contribution in [2.45, 2.75) is 44.7 Å². The number of rotatable bonds is 5. The molecule has 0 bridgehead atoms. The van der Waals surface area contributed by atoms with Gasteiger partial charge in [-0.25, -0.2) is 4.79 Å². The van der Waals surface area contributed by atoms with Crippen LogP contribution in [0.2, 0.25) is 0 Å². The summed E-state index contributed by atoms with van der Waals surface area (Å²) in [7, 11) is 5.63. The molecule has 1 fully saturated rings. The summed E-state index contributed by atoms with van der Waals surface area (Å²) in [5, 5.41) is 18.8. The SMILES string of the molecule is [B]C(O)(OC(=O)C(C)C)C1CCC(n2ccc(NO)nc2=O)O1. The first-order valence-corrected chi connectivity index (χ1v) is 7.13. The van der Waals surface area contributed by atoms with Gasteiger partial charge in [-0.2, -0.15) is 4.98 Å². The summed E-state index contributed by atoms with van der Waals surface area (Å²) in [6.07, 6.45) is 0.363. The molecule has 2 radical (unpaired) electrons. The lowest BCUT2D eigenvalue weighted by Gasteiger charge is -2.31. The second-order valence-corrected chi connectivity index (χ2v) is 5.60. The van der Waals surface area contributed by atoms with E-state index in [1.165, 1.54) is 16.8 Å². The predicted molar refractivity (Wildman–Crippen MR) is 78.7 cm³/mol. The fourth-order valence-electron chi connectivity index (χ4n) is 2.17. The van der Waals surface area contributed by atoms with E-state index >= 15 is 0 Å². The van der Waals surface area contributed by atoms with Gasteiger partial charge in [-0.3, -0.25) is 20.0 Å². The molecule has 1 aliphatic heterocycles. The first-order chi connectivity index (χ1) is 10.7. The number of nitrogens with one attached hydrogen (secondary N) is 1. The highest BCUT2D eigenvalue weighted by atomic mass is 16.7. The molecule has 23 heavy (non-hydrogen) atoms. The van der Waals surface area contributed by atoms with Crippen molar-refractivity contribution >= 4 is 19.6 Å². The standard InChI is InChI=1S/C13H18BN3O6/c1-7(2)11(18)23-13(14,20)8-3-4-10(22-8)17-6-5-9(16-21)15-12(17)19/h5-8,10,20-21H,3-4H2,1-2H3,(H,15,16,19). The van der Waals surface area contributed by atoms with E-state index in [0.29, 0.717) is 6.42 Å². The third kappa shape index (κ3) is 3.90. The lowest BCUT2D eigenvalue weighted by atomic mass is 9.87. The highest BCUT2D eigenvalue weighted by Gasteiger charge is 2.42. The van der Waals surface area contributed by atoms with Crippen LogP contribution in [0.4, 0.5) is 5.82 Å². The second kappa shape index (κ2) is 6.69. The van der Waals surface area contributed by atoms with E-state index in [1.54, 1.807) is 19.3 Å². The van der Waals surface area contributed by atoms with Crippen molar-refractivity contribution in [1.29, 1.82) is 0 Å². The Morgan fingerprint density at radius 1 is 1.61 bits per heavy atom. The molecule has 1 aromatic rings. The van der Waals surface area contributed by atoms with Gasteiger partial charge in [0.05, 0.1) is 5.92 Å². The normalized spacial score (nSPS) is 23.5. The zero-order valence-corrected chi connectivity index (χ0v) is 12.8. The largest absolute Gasteiger partial charge is 0.440 e. The Kier molecular flexibility index (Phi) is 5.08. The summed E-state index contributed by atoms with van der Waals surface area (Å²) in [6, 6.07) is 1.38. The topological polar surface area (TPSA) is 123 Å². The van der Waals surface area contributed by atoms with E-state index in [2.05, 4.69) is 4.98 Å². The number of anilines is 1. The predicted octanol–water partition coefficient (Wildman–Crippen LogP) is -0.264. The van der Waals surface area contributed by atoms with E-state index in [4.69, 9.17) is 22.5 Å². The summed E-state index contributed by atoms with van der Waals surface area (Å²) in [5.74, 6) is -1.10. The molecule has 3 atom stereocenters.